The third-order valence-corrected chi connectivity index (χ3v) is 4.68. The third kappa shape index (κ3) is 8.31. The number of aliphatic imine (C=N–C) groups is 1. The average molecular weight is 495 g/mol. The fraction of sp³-hybridized carbons (Fsp3) is 0.632. The monoisotopic (exact) mass is 494 g/mol. The van der Waals surface area contributed by atoms with Crippen LogP contribution >= 0.6 is 35.6 Å². The van der Waals surface area contributed by atoms with E-state index in [0.29, 0.717) is 12.5 Å². The second-order valence-electron chi connectivity index (χ2n) is 6.69. The van der Waals surface area contributed by atoms with Crippen LogP contribution in [0, 0.1) is 5.92 Å². The van der Waals surface area contributed by atoms with E-state index in [-0.39, 0.29) is 24.0 Å². The van der Waals surface area contributed by atoms with Crippen LogP contribution in [0.2, 0.25) is 5.02 Å². The van der Waals surface area contributed by atoms with Crippen LogP contribution in [0.5, 0.6) is 5.75 Å². The molecule has 1 aromatic rings. The summed E-state index contributed by atoms with van der Waals surface area (Å²) in [7, 11) is 4.25. The normalized spacial score (nSPS) is 18.2. The Morgan fingerprint density at radius 1 is 1.38 bits per heavy atom. The molecule has 2 rings (SSSR count). The molecule has 1 N–H and O–H groups in total. The summed E-state index contributed by atoms with van der Waals surface area (Å²) in [6.07, 6.45) is 2.55. The van der Waals surface area contributed by atoms with Crippen LogP contribution in [0.1, 0.15) is 19.8 Å². The SMILES string of the molecule is CCNC(=NCC1CCCN(C)C1)N(C)CCOc1ccc(Cl)cc1.I. The highest BCUT2D eigenvalue weighted by molar-refractivity contribution is 14.0. The smallest absolute Gasteiger partial charge is 0.193 e. The molecule has 7 heteroatoms. The Kier molecular flexibility index (Phi) is 11.3. The Morgan fingerprint density at radius 2 is 2.12 bits per heavy atom. The van der Waals surface area contributed by atoms with Gasteiger partial charge < -0.3 is 19.9 Å². The van der Waals surface area contributed by atoms with Crippen LogP contribution in [-0.2, 0) is 0 Å². The van der Waals surface area contributed by atoms with Crippen molar-refractivity contribution in [2.24, 2.45) is 10.9 Å². The van der Waals surface area contributed by atoms with E-state index >= 15 is 0 Å². The number of likely N-dealkylation sites (tertiary alicyclic amines) is 1. The number of hydrogen-bond acceptors (Lipinski definition) is 3. The molecule has 1 aromatic carbocycles. The number of likely N-dealkylation sites (N-methyl/N-ethyl adjacent to an activating group) is 1. The van der Waals surface area contributed by atoms with Crippen LogP contribution in [0.25, 0.3) is 0 Å². The Hall–Kier alpha value is -0.730. The molecule has 0 aromatic heterocycles. The maximum atomic E-state index is 5.89. The van der Waals surface area contributed by atoms with Gasteiger partial charge in [0, 0.05) is 31.7 Å². The molecule has 0 aliphatic carbocycles. The first-order valence-corrected chi connectivity index (χ1v) is 9.52. The predicted octanol–water partition coefficient (Wildman–Crippen LogP) is 3.58. The number of halogens is 2. The van der Waals surface area contributed by atoms with E-state index < -0.39 is 0 Å². The lowest BCUT2D eigenvalue weighted by atomic mass is 9.99. The summed E-state index contributed by atoms with van der Waals surface area (Å²) in [5.41, 5.74) is 0. The fourth-order valence-corrected chi connectivity index (χ4v) is 3.17. The molecule has 26 heavy (non-hydrogen) atoms. The van der Waals surface area contributed by atoms with Gasteiger partial charge in [0.2, 0.25) is 0 Å². The van der Waals surface area contributed by atoms with Crippen molar-refractivity contribution in [1.82, 2.24) is 15.1 Å². The average Bonchev–Trinajstić information content (AvgIpc) is 2.60. The first-order valence-electron chi connectivity index (χ1n) is 9.15. The lowest BCUT2D eigenvalue weighted by molar-refractivity contribution is 0.214. The van der Waals surface area contributed by atoms with E-state index in [1.165, 1.54) is 19.4 Å². The van der Waals surface area contributed by atoms with Gasteiger partial charge in [-0.1, -0.05) is 11.6 Å². The Morgan fingerprint density at radius 3 is 2.77 bits per heavy atom. The molecule has 0 amide bonds. The topological polar surface area (TPSA) is 40.1 Å². The summed E-state index contributed by atoms with van der Waals surface area (Å²) < 4.78 is 5.78. The molecule has 1 atom stereocenters. The van der Waals surface area contributed by atoms with Crippen LogP contribution in [0.4, 0.5) is 0 Å². The maximum absolute atomic E-state index is 5.89. The van der Waals surface area contributed by atoms with Crippen molar-refractivity contribution in [1.29, 1.82) is 0 Å². The highest BCUT2D eigenvalue weighted by atomic mass is 127. The first kappa shape index (κ1) is 23.3. The van der Waals surface area contributed by atoms with Crippen molar-refractivity contribution in [2.45, 2.75) is 19.8 Å². The Bertz CT molecular complexity index is 541. The minimum atomic E-state index is 0. The molecular weight excluding hydrogens is 463 g/mol. The van der Waals surface area contributed by atoms with E-state index in [1.807, 2.05) is 24.3 Å². The van der Waals surface area contributed by atoms with Crippen LogP contribution in [-0.4, -0.2) is 69.2 Å². The summed E-state index contributed by atoms with van der Waals surface area (Å²) in [6.45, 7) is 7.59. The van der Waals surface area contributed by atoms with Gasteiger partial charge in [-0.2, -0.15) is 0 Å². The molecular formula is C19H32ClIN4O. The Labute approximate surface area is 180 Å². The zero-order chi connectivity index (χ0) is 18.1. The van der Waals surface area contributed by atoms with E-state index in [9.17, 15) is 0 Å². The van der Waals surface area contributed by atoms with E-state index in [2.05, 4.69) is 36.1 Å². The second-order valence-corrected chi connectivity index (χ2v) is 7.13. The molecule has 1 heterocycles. The van der Waals surface area contributed by atoms with Crippen molar-refractivity contribution in [3.63, 3.8) is 0 Å². The van der Waals surface area contributed by atoms with Gasteiger partial charge in [0.1, 0.15) is 12.4 Å². The summed E-state index contributed by atoms with van der Waals surface area (Å²) >= 11 is 5.89. The Balaban J connectivity index is 0.00000338. The van der Waals surface area contributed by atoms with Crippen molar-refractivity contribution >= 4 is 41.5 Å². The van der Waals surface area contributed by atoms with Gasteiger partial charge in [0.15, 0.2) is 5.96 Å². The number of benzene rings is 1. The summed E-state index contributed by atoms with van der Waals surface area (Å²) in [5, 5.41) is 4.10. The fourth-order valence-electron chi connectivity index (χ4n) is 3.04. The number of ether oxygens (including phenoxy) is 1. The molecule has 0 bridgehead atoms. The van der Waals surface area contributed by atoms with Gasteiger partial charge in [-0.3, -0.25) is 4.99 Å². The third-order valence-electron chi connectivity index (χ3n) is 4.43. The predicted molar refractivity (Wildman–Crippen MR) is 121 cm³/mol. The van der Waals surface area contributed by atoms with Crippen molar-refractivity contribution in [3.05, 3.63) is 29.3 Å². The van der Waals surface area contributed by atoms with Gasteiger partial charge in [-0.05, 0) is 63.5 Å². The molecule has 0 spiro atoms. The van der Waals surface area contributed by atoms with Crippen LogP contribution < -0.4 is 10.1 Å². The van der Waals surface area contributed by atoms with Gasteiger partial charge in [0.25, 0.3) is 0 Å². The zero-order valence-corrected chi connectivity index (χ0v) is 19.2. The molecule has 1 aliphatic heterocycles. The number of nitrogens with zero attached hydrogens (tertiary/aromatic N) is 3. The number of nitrogens with one attached hydrogen (secondary N) is 1. The van der Waals surface area contributed by atoms with Crippen molar-refractivity contribution in [2.75, 3.05) is 53.4 Å². The zero-order valence-electron chi connectivity index (χ0n) is 16.1. The minimum absolute atomic E-state index is 0. The van der Waals surface area contributed by atoms with Crippen molar-refractivity contribution < 1.29 is 4.74 Å². The molecule has 0 radical (unpaired) electrons. The molecule has 1 aliphatic rings. The molecule has 1 saturated heterocycles. The summed E-state index contributed by atoms with van der Waals surface area (Å²) in [5.74, 6) is 2.45. The number of guanidine groups is 1. The number of hydrogen-bond donors (Lipinski definition) is 1. The van der Waals surface area contributed by atoms with Crippen LogP contribution in [0.3, 0.4) is 0 Å². The van der Waals surface area contributed by atoms with Gasteiger partial charge in [-0.15, -0.1) is 24.0 Å². The van der Waals surface area contributed by atoms with Gasteiger partial charge in [0.05, 0.1) is 6.54 Å². The summed E-state index contributed by atoms with van der Waals surface area (Å²) in [6, 6.07) is 7.46. The lowest BCUT2D eigenvalue weighted by Crippen LogP contribution is -2.41. The molecule has 1 fully saturated rings. The number of rotatable bonds is 7. The minimum Gasteiger partial charge on any atom is -0.492 e. The molecule has 148 valence electrons. The number of piperidine rings is 1. The largest absolute Gasteiger partial charge is 0.492 e. The lowest BCUT2D eigenvalue weighted by Gasteiger charge is -2.29. The quantitative estimate of drug-likeness (QED) is 0.357. The maximum Gasteiger partial charge on any atom is 0.193 e. The van der Waals surface area contributed by atoms with Crippen LogP contribution in [0.15, 0.2) is 29.3 Å². The summed E-state index contributed by atoms with van der Waals surface area (Å²) in [4.78, 5) is 9.37. The van der Waals surface area contributed by atoms with Crippen molar-refractivity contribution in [3.8, 4) is 5.75 Å². The first-order chi connectivity index (χ1) is 12.1. The molecule has 1 unspecified atom stereocenters. The highest BCUT2D eigenvalue weighted by Crippen LogP contribution is 2.16. The molecule has 5 nitrogen and oxygen atoms in total. The van der Waals surface area contributed by atoms with E-state index in [0.717, 1.165) is 42.9 Å². The van der Waals surface area contributed by atoms with E-state index in [4.69, 9.17) is 21.3 Å². The van der Waals surface area contributed by atoms with E-state index in [1.54, 1.807) is 0 Å². The molecule has 0 saturated carbocycles. The standard InChI is InChI=1S/C19H31ClN4O.HI/c1-4-21-19(22-14-16-6-5-11-23(2)15-16)24(3)12-13-25-18-9-7-17(20)8-10-18;/h7-10,16H,4-6,11-15H2,1-3H3,(H,21,22);1H. The highest BCUT2D eigenvalue weighted by Gasteiger charge is 2.17. The van der Waals surface area contributed by atoms with Gasteiger partial charge in [-0.25, -0.2) is 0 Å². The second kappa shape index (κ2) is 12.6. The van der Waals surface area contributed by atoms with Gasteiger partial charge >= 0.3 is 0 Å².